The number of aromatic nitrogens is 1. The molecule has 94 valence electrons. The molecule has 0 saturated carbocycles. The molecule has 1 aliphatic heterocycles. The first-order valence-corrected chi connectivity index (χ1v) is 6.72. The molecule has 1 atom stereocenters. The second-order valence-electron chi connectivity index (χ2n) is 4.71. The summed E-state index contributed by atoms with van der Waals surface area (Å²) < 4.78 is 0. The second-order valence-corrected chi connectivity index (χ2v) is 5.15. The van der Waals surface area contributed by atoms with Gasteiger partial charge >= 0.3 is 0 Å². The van der Waals surface area contributed by atoms with Gasteiger partial charge in [-0.1, -0.05) is 17.7 Å². The summed E-state index contributed by atoms with van der Waals surface area (Å²) in [5, 5.41) is 9.93. The molecule has 0 aliphatic carbocycles. The van der Waals surface area contributed by atoms with Gasteiger partial charge in [0, 0.05) is 29.2 Å². The summed E-state index contributed by atoms with van der Waals surface area (Å²) in [6.45, 7) is 2.12. The van der Waals surface area contributed by atoms with E-state index in [2.05, 4.69) is 15.6 Å². The SMILES string of the molecule is Clc1ccc2ccnc(NC3CCCNC3)c2c1. The van der Waals surface area contributed by atoms with Crippen LogP contribution in [0.3, 0.4) is 0 Å². The number of nitrogens with one attached hydrogen (secondary N) is 2. The number of anilines is 1. The molecule has 1 aliphatic rings. The van der Waals surface area contributed by atoms with Crippen LogP contribution in [0, 0.1) is 0 Å². The molecule has 4 heteroatoms. The van der Waals surface area contributed by atoms with Crippen molar-refractivity contribution in [2.24, 2.45) is 0 Å². The molecule has 3 nitrogen and oxygen atoms in total. The van der Waals surface area contributed by atoms with E-state index in [1.54, 1.807) is 0 Å². The number of piperidine rings is 1. The van der Waals surface area contributed by atoms with Crippen molar-refractivity contribution in [1.82, 2.24) is 10.3 Å². The first-order valence-electron chi connectivity index (χ1n) is 6.34. The van der Waals surface area contributed by atoms with Crippen LogP contribution in [0.2, 0.25) is 5.02 Å². The van der Waals surface area contributed by atoms with Gasteiger partial charge < -0.3 is 10.6 Å². The smallest absolute Gasteiger partial charge is 0.134 e. The Bertz CT molecular complexity index is 550. The molecule has 0 amide bonds. The first kappa shape index (κ1) is 11.8. The fraction of sp³-hybridized carbons (Fsp3) is 0.357. The van der Waals surface area contributed by atoms with Crippen molar-refractivity contribution in [3.8, 4) is 0 Å². The van der Waals surface area contributed by atoms with Gasteiger partial charge in [-0.05, 0) is 43.0 Å². The molecular formula is C14H16ClN3. The predicted molar refractivity (Wildman–Crippen MR) is 76.3 cm³/mol. The maximum Gasteiger partial charge on any atom is 0.134 e. The number of rotatable bonds is 2. The lowest BCUT2D eigenvalue weighted by atomic mass is 10.1. The molecule has 1 unspecified atom stereocenters. The lowest BCUT2D eigenvalue weighted by Gasteiger charge is -2.24. The molecule has 2 N–H and O–H groups in total. The van der Waals surface area contributed by atoms with Crippen LogP contribution in [0.25, 0.3) is 10.8 Å². The van der Waals surface area contributed by atoms with Gasteiger partial charge in [-0.3, -0.25) is 0 Å². The lowest BCUT2D eigenvalue weighted by Crippen LogP contribution is -2.38. The fourth-order valence-corrected chi connectivity index (χ4v) is 2.60. The Morgan fingerprint density at radius 3 is 3.11 bits per heavy atom. The summed E-state index contributed by atoms with van der Waals surface area (Å²) >= 11 is 6.07. The van der Waals surface area contributed by atoms with Crippen LogP contribution in [-0.4, -0.2) is 24.1 Å². The minimum Gasteiger partial charge on any atom is -0.366 e. The Hall–Kier alpha value is -1.32. The third kappa shape index (κ3) is 2.42. The molecule has 3 rings (SSSR count). The van der Waals surface area contributed by atoms with Gasteiger partial charge in [-0.15, -0.1) is 0 Å². The van der Waals surface area contributed by atoms with Gasteiger partial charge in [0.05, 0.1) is 0 Å². The van der Waals surface area contributed by atoms with Crippen molar-refractivity contribution in [3.63, 3.8) is 0 Å². The number of hydrogen-bond donors (Lipinski definition) is 2. The fourth-order valence-electron chi connectivity index (χ4n) is 2.42. The number of halogens is 1. The van der Waals surface area contributed by atoms with Crippen molar-refractivity contribution in [2.75, 3.05) is 18.4 Å². The van der Waals surface area contributed by atoms with Crippen LogP contribution in [-0.2, 0) is 0 Å². The summed E-state index contributed by atoms with van der Waals surface area (Å²) in [5.74, 6) is 0.934. The number of fused-ring (bicyclic) bond motifs is 1. The summed E-state index contributed by atoms with van der Waals surface area (Å²) in [6, 6.07) is 8.38. The molecule has 2 heterocycles. The van der Waals surface area contributed by atoms with Crippen LogP contribution in [0.5, 0.6) is 0 Å². The number of nitrogens with zero attached hydrogens (tertiary/aromatic N) is 1. The van der Waals surface area contributed by atoms with E-state index in [-0.39, 0.29) is 0 Å². The third-order valence-electron chi connectivity index (χ3n) is 3.37. The summed E-state index contributed by atoms with van der Waals surface area (Å²) in [5.41, 5.74) is 0. The zero-order valence-electron chi connectivity index (χ0n) is 10.1. The van der Waals surface area contributed by atoms with Crippen molar-refractivity contribution in [1.29, 1.82) is 0 Å². The average molecular weight is 262 g/mol. The average Bonchev–Trinajstić information content (AvgIpc) is 2.41. The maximum absolute atomic E-state index is 6.07. The molecule has 1 aromatic heterocycles. The van der Waals surface area contributed by atoms with Gasteiger partial charge in [-0.2, -0.15) is 0 Å². The quantitative estimate of drug-likeness (QED) is 0.873. The molecule has 1 aromatic carbocycles. The number of hydrogen-bond acceptors (Lipinski definition) is 3. The van der Waals surface area contributed by atoms with E-state index in [1.165, 1.54) is 18.2 Å². The third-order valence-corrected chi connectivity index (χ3v) is 3.60. The molecule has 0 spiro atoms. The van der Waals surface area contributed by atoms with Crippen LogP contribution in [0.15, 0.2) is 30.5 Å². The minimum absolute atomic E-state index is 0.454. The molecule has 2 aromatic rings. The molecule has 1 saturated heterocycles. The van der Waals surface area contributed by atoms with E-state index in [4.69, 9.17) is 11.6 Å². The number of pyridine rings is 1. The summed E-state index contributed by atoms with van der Waals surface area (Å²) in [7, 11) is 0. The Morgan fingerprint density at radius 2 is 2.28 bits per heavy atom. The van der Waals surface area contributed by atoms with Crippen LogP contribution < -0.4 is 10.6 Å². The van der Waals surface area contributed by atoms with Crippen LogP contribution in [0.1, 0.15) is 12.8 Å². The van der Waals surface area contributed by atoms with Gasteiger partial charge in [0.15, 0.2) is 0 Å². The van der Waals surface area contributed by atoms with E-state index >= 15 is 0 Å². The highest BCUT2D eigenvalue weighted by molar-refractivity contribution is 6.31. The zero-order valence-corrected chi connectivity index (χ0v) is 10.9. The van der Waals surface area contributed by atoms with Crippen molar-refractivity contribution >= 4 is 28.2 Å². The van der Waals surface area contributed by atoms with Gasteiger partial charge in [0.1, 0.15) is 5.82 Å². The van der Waals surface area contributed by atoms with Crippen molar-refractivity contribution in [3.05, 3.63) is 35.5 Å². The van der Waals surface area contributed by atoms with E-state index in [9.17, 15) is 0 Å². The Balaban J connectivity index is 1.92. The van der Waals surface area contributed by atoms with Crippen LogP contribution in [0.4, 0.5) is 5.82 Å². The minimum atomic E-state index is 0.454. The highest BCUT2D eigenvalue weighted by Gasteiger charge is 2.14. The Morgan fingerprint density at radius 1 is 1.33 bits per heavy atom. The number of benzene rings is 1. The summed E-state index contributed by atoms with van der Waals surface area (Å²) in [6.07, 6.45) is 4.24. The Labute approximate surface area is 112 Å². The van der Waals surface area contributed by atoms with E-state index in [1.807, 2.05) is 30.5 Å². The highest BCUT2D eigenvalue weighted by atomic mass is 35.5. The maximum atomic E-state index is 6.07. The second kappa shape index (κ2) is 5.12. The van der Waals surface area contributed by atoms with E-state index in [0.717, 1.165) is 29.3 Å². The topological polar surface area (TPSA) is 37.0 Å². The van der Waals surface area contributed by atoms with Crippen LogP contribution >= 0.6 is 11.6 Å². The van der Waals surface area contributed by atoms with E-state index in [0.29, 0.717) is 6.04 Å². The highest BCUT2D eigenvalue weighted by Crippen LogP contribution is 2.25. The molecule has 0 radical (unpaired) electrons. The molecular weight excluding hydrogens is 246 g/mol. The monoisotopic (exact) mass is 261 g/mol. The Kier molecular flexibility index (Phi) is 3.35. The van der Waals surface area contributed by atoms with E-state index < -0.39 is 0 Å². The summed E-state index contributed by atoms with van der Waals surface area (Å²) in [4.78, 5) is 4.44. The zero-order chi connectivity index (χ0) is 12.4. The predicted octanol–water partition coefficient (Wildman–Crippen LogP) is 3.05. The molecule has 1 fully saturated rings. The molecule has 0 bridgehead atoms. The first-order chi connectivity index (χ1) is 8.83. The molecule has 18 heavy (non-hydrogen) atoms. The lowest BCUT2D eigenvalue weighted by molar-refractivity contribution is 0.479. The normalized spacial score (nSPS) is 19.9. The van der Waals surface area contributed by atoms with Crippen molar-refractivity contribution < 1.29 is 0 Å². The van der Waals surface area contributed by atoms with Gasteiger partial charge in [0.2, 0.25) is 0 Å². The van der Waals surface area contributed by atoms with Gasteiger partial charge in [0.25, 0.3) is 0 Å². The standard InChI is InChI=1S/C14H16ClN3/c15-11-4-3-10-5-7-17-14(13(10)8-11)18-12-2-1-6-16-9-12/h3-5,7-8,12,16H,1-2,6,9H2,(H,17,18). The largest absolute Gasteiger partial charge is 0.366 e. The van der Waals surface area contributed by atoms with Crippen molar-refractivity contribution in [2.45, 2.75) is 18.9 Å². The van der Waals surface area contributed by atoms with Gasteiger partial charge in [-0.25, -0.2) is 4.98 Å².